The van der Waals surface area contributed by atoms with E-state index in [1.807, 2.05) is 68.4 Å². The fourth-order valence-corrected chi connectivity index (χ4v) is 5.08. The van der Waals surface area contributed by atoms with Crippen molar-refractivity contribution >= 4 is 51.2 Å². The molecule has 4 aromatic carbocycles. The molecule has 5 rings (SSSR count). The van der Waals surface area contributed by atoms with E-state index in [1.165, 1.54) is 17.3 Å². The Morgan fingerprint density at radius 1 is 0.944 bits per heavy atom. The van der Waals surface area contributed by atoms with Crippen LogP contribution in [0, 0.1) is 13.8 Å². The van der Waals surface area contributed by atoms with Crippen molar-refractivity contribution < 1.29 is 13.9 Å². The van der Waals surface area contributed by atoms with E-state index in [9.17, 15) is 4.79 Å². The number of amides is 1. The maximum atomic E-state index is 13.2. The first-order chi connectivity index (χ1) is 17.5. The second-order valence-corrected chi connectivity index (χ2v) is 10.0. The van der Waals surface area contributed by atoms with Gasteiger partial charge in [-0.25, -0.2) is 0 Å². The molecule has 36 heavy (non-hydrogen) atoms. The molecule has 0 aliphatic rings. The number of carbonyl (C=O) groups is 1. The first-order valence-corrected chi connectivity index (χ1v) is 13.0. The summed E-state index contributed by atoms with van der Waals surface area (Å²) in [4.78, 5) is 14.1. The molecule has 0 spiro atoms. The average Bonchev–Trinajstić information content (AvgIpc) is 3.27. The smallest absolute Gasteiger partial charge is 0.297 e. The van der Waals surface area contributed by atoms with Gasteiger partial charge in [-0.2, -0.15) is 0 Å². The minimum Gasteiger partial charge on any atom is -0.494 e. The molecule has 0 bridgehead atoms. The molecule has 0 aliphatic heterocycles. The molecule has 0 atom stereocenters. The summed E-state index contributed by atoms with van der Waals surface area (Å²) in [5.74, 6) is 0.906. The number of aryl methyl sites for hydroxylation is 3. The lowest BCUT2D eigenvalue weighted by Crippen LogP contribution is -2.16. The van der Waals surface area contributed by atoms with E-state index in [0.29, 0.717) is 24.4 Å². The number of furan rings is 1. The van der Waals surface area contributed by atoms with E-state index in [1.54, 1.807) is 0 Å². The van der Waals surface area contributed by atoms with Gasteiger partial charge in [0.1, 0.15) is 11.3 Å². The maximum absolute atomic E-state index is 13.2. The van der Waals surface area contributed by atoms with E-state index in [2.05, 4.69) is 29.0 Å². The Hall–Kier alpha value is -3.41. The van der Waals surface area contributed by atoms with Crippen molar-refractivity contribution in [2.75, 3.05) is 6.61 Å². The first-order valence-electron chi connectivity index (χ1n) is 11.9. The monoisotopic (exact) mass is 515 g/mol. The van der Waals surface area contributed by atoms with E-state index in [-0.39, 0.29) is 5.91 Å². The zero-order chi connectivity index (χ0) is 25.1. The Bertz CT molecular complexity index is 1540. The number of nitrogens with one attached hydrogen (secondary N) is 1. The molecule has 5 aromatic rings. The Kier molecular flexibility index (Phi) is 7.21. The second kappa shape index (κ2) is 10.7. The number of ether oxygens (including phenoxy) is 1. The highest BCUT2D eigenvalue weighted by atomic mass is 35.5. The van der Waals surface area contributed by atoms with Crippen LogP contribution in [0.2, 0.25) is 5.02 Å². The van der Waals surface area contributed by atoms with Gasteiger partial charge in [0.05, 0.1) is 6.61 Å². The molecule has 1 heterocycles. The van der Waals surface area contributed by atoms with Gasteiger partial charge in [-0.1, -0.05) is 60.1 Å². The summed E-state index contributed by atoms with van der Waals surface area (Å²) >= 11 is 7.56. The maximum Gasteiger partial charge on any atom is 0.297 e. The Labute approximate surface area is 219 Å². The Morgan fingerprint density at radius 2 is 1.67 bits per heavy atom. The highest BCUT2D eigenvalue weighted by molar-refractivity contribution is 7.98. The van der Waals surface area contributed by atoms with Crippen LogP contribution in [0.15, 0.2) is 88.2 Å². The van der Waals surface area contributed by atoms with Crippen molar-refractivity contribution in [1.29, 1.82) is 0 Å². The number of carbonyl (C=O) groups excluding carboxylic acids is 1. The van der Waals surface area contributed by atoms with Crippen molar-refractivity contribution in [3.05, 3.63) is 106 Å². The zero-order valence-corrected chi connectivity index (χ0v) is 21.7. The molecule has 0 aliphatic carbocycles. The van der Waals surface area contributed by atoms with Gasteiger partial charge in [0.25, 0.3) is 5.91 Å². The largest absolute Gasteiger partial charge is 0.494 e. The van der Waals surface area contributed by atoms with Crippen LogP contribution in [-0.2, 0) is 6.42 Å². The van der Waals surface area contributed by atoms with Gasteiger partial charge in [0.15, 0.2) is 5.76 Å². The van der Waals surface area contributed by atoms with Gasteiger partial charge in [-0.05, 0) is 90.9 Å². The van der Waals surface area contributed by atoms with Crippen LogP contribution < -0.4 is 9.46 Å². The zero-order valence-electron chi connectivity index (χ0n) is 20.1. The molecule has 6 heteroatoms. The van der Waals surface area contributed by atoms with E-state index < -0.39 is 0 Å². The first kappa shape index (κ1) is 24.3. The highest BCUT2D eigenvalue weighted by Gasteiger charge is 2.20. The number of hydrogen-bond donors (Lipinski definition) is 1. The van der Waals surface area contributed by atoms with Crippen LogP contribution in [0.1, 0.15) is 33.7 Å². The third kappa shape index (κ3) is 5.23. The number of halogens is 1. The second-order valence-electron chi connectivity index (χ2n) is 8.77. The number of hydrogen-bond acceptors (Lipinski definition) is 4. The van der Waals surface area contributed by atoms with Gasteiger partial charge in [-0.3, -0.25) is 9.52 Å². The lowest BCUT2D eigenvalue weighted by Gasteiger charge is -2.10. The number of fused-ring (bicyclic) bond motifs is 2. The summed E-state index contributed by atoms with van der Waals surface area (Å²) in [7, 11) is 0. The summed E-state index contributed by atoms with van der Waals surface area (Å²) < 4.78 is 14.9. The van der Waals surface area contributed by atoms with Crippen LogP contribution in [0.3, 0.4) is 0 Å². The molecule has 1 amide bonds. The molecule has 4 nitrogen and oxygen atoms in total. The molecular weight excluding hydrogens is 490 g/mol. The number of para-hydroxylation sites is 1. The van der Waals surface area contributed by atoms with Crippen LogP contribution in [0.5, 0.6) is 5.75 Å². The third-order valence-electron chi connectivity index (χ3n) is 6.14. The molecule has 0 fully saturated rings. The Balaban J connectivity index is 1.28. The van der Waals surface area contributed by atoms with Gasteiger partial charge in [0.2, 0.25) is 0 Å². The quantitative estimate of drug-likeness (QED) is 0.167. The predicted molar refractivity (Wildman–Crippen MR) is 148 cm³/mol. The topological polar surface area (TPSA) is 51.5 Å². The van der Waals surface area contributed by atoms with Crippen molar-refractivity contribution in [3.8, 4) is 5.75 Å². The standard InChI is InChI=1S/C30H26ClNO3S/c1-19-16-23(17-20(2)28(19)31)34-15-7-11-26-25-10-5-6-12-27(25)35-29(26)30(33)32-36-24-14-13-21-8-3-4-9-22(21)18-24/h3-6,8-10,12-14,16-18H,7,11,15H2,1-2H3,(H,32,33). The van der Waals surface area contributed by atoms with Crippen molar-refractivity contribution in [3.63, 3.8) is 0 Å². The van der Waals surface area contributed by atoms with Crippen molar-refractivity contribution in [2.24, 2.45) is 0 Å². The highest BCUT2D eigenvalue weighted by Crippen LogP contribution is 2.29. The van der Waals surface area contributed by atoms with E-state index >= 15 is 0 Å². The summed E-state index contributed by atoms with van der Waals surface area (Å²) in [6, 6.07) is 25.9. The summed E-state index contributed by atoms with van der Waals surface area (Å²) in [5.41, 5.74) is 3.60. The van der Waals surface area contributed by atoms with Crippen LogP contribution in [0.4, 0.5) is 0 Å². The van der Waals surface area contributed by atoms with E-state index in [0.717, 1.165) is 49.6 Å². The summed E-state index contributed by atoms with van der Waals surface area (Å²) in [6.07, 6.45) is 1.40. The number of rotatable bonds is 8. The van der Waals surface area contributed by atoms with Crippen LogP contribution in [-0.4, -0.2) is 12.5 Å². The SMILES string of the molecule is Cc1cc(OCCCc2c(C(=O)NSc3ccc4ccccc4c3)oc3ccccc23)cc(C)c1Cl. The lowest BCUT2D eigenvalue weighted by atomic mass is 10.1. The molecule has 0 unspecified atom stereocenters. The van der Waals surface area contributed by atoms with E-state index in [4.69, 9.17) is 20.8 Å². The lowest BCUT2D eigenvalue weighted by molar-refractivity contribution is 0.0958. The average molecular weight is 516 g/mol. The third-order valence-corrected chi connectivity index (χ3v) is 7.51. The van der Waals surface area contributed by atoms with Crippen LogP contribution >= 0.6 is 23.5 Å². The van der Waals surface area contributed by atoms with Gasteiger partial charge in [-0.15, -0.1) is 0 Å². The fraction of sp³-hybridized carbons (Fsp3) is 0.167. The van der Waals surface area contributed by atoms with Gasteiger partial charge < -0.3 is 9.15 Å². The summed E-state index contributed by atoms with van der Waals surface area (Å²) in [6.45, 7) is 4.47. The Morgan fingerprint density at radius 3 is 2.47 bits per heavy atom. The summed E-state index contributed by atoms with van der Waals surface area (Å²) in [5, 5.41) is 4.02. The molecule has 0 saturated heterocycles. The van der Waals surface area contributed by atoms with Crippen molar-refractivity contribution in [1.82, 2.24) is 4.72 Å². The van der Waals surface area contributed by atoms with Gasteiger partial charge in [0, 0.05) is 20.9 Å². The minimum atomic E-state index is -0.246. The van der Waals surface area contributed by atoms with Crippen LogP contribution in [0.25, 0.3) is 21.7 Å². The molecule has 0 saturated carbocycles. The molecule has 1 N–H and O–H groups in total. The number of benzene rings is 4. The molecular formula is C30H26ClNO3S. The normalized spacial score (nSPS) is 11.2. The fourth-order valence-electron chi connectivity index (χ4n) is 4.34. The predicted octanol–water partition coefficient (Wildman–Crippen LogP) is 8.30. The van der Waals surface area contributed by atoms with Gasteiger partial charge >= 0.3 is 0 Å². The molecule has 182 valence electrons. The molecule has 1 aromatic heterocycles. The molecule has 0 radical (unpaired) electrons. The minimum absolute atomic E-state index is 0.246. The van der Waals surface area contributed by atoms with Crippen molar-refractivity contribution in [2.45, 2.75) is 31.6 Å².